The highest BCUT2D eigenvalue weighted by Crippen LogP contribution is 2.33. The van der Waals surface area contributed by atoms with E-state index in [0.29, 0.717) is 11.3 Å². The van der Waals surface area contributed by atoms with E-state index in [2.05, 4.69) is 0 Å². The van der Waals surface area contributed by atoms with Gasteiger partial charge in [-0.2, -0.15) is 0 Å². The van der Waals surface area contributed by atoms with Crippen LogP contribution >= 0.6 is 0 Å². The third kappa shape index (κ3) is 1.87. The van der Waals surface area contributed by atoms with Gasteiger partial charge in [-0.25, -0.2) is 0 Å². The molecule has 1 heterocycles. The number of carbonyl (C=O) groups excluding carboxylic acids is 2. The molecule has 0 radical (unpaired) electrons. The van der Waals surface area contributed by atoms with Crippen LogP contribution in [0, 0.1) is 18.8 Å². The molecule has 1 aromatic heterocycles. The standard InChI is InChI=1S/C12H14O3/c1-7(11(13)9-3-4-9)12(14)10-5-6-15-8(10)2/h5-7,9H,3-4H2,1-2H3. The number of carbonyl (C=O) groups is 2. The molecule has 1 aliphatic carbocycles. The second-order valence-electron chi connectivity index (χ2n) is 4.15. The maximum Gasteiger partial charge on any atom is 0.176 e. The van der Waals surface area contributed by atoms with Crippen LogP contribution in [-0.2, 0) is 4.79 Å². The zero-order chi connectivity index (χ0) is 11.0. The lowest BCUT2D eigenvalue weighted by Gasteiger charge is -2.07. The number of Topliss-reactive ketones (excluding diaryl/α,β-unsaturated/α-hetero) is 2. The second-order valence-corrected chi connectivity index (χ2v) is 4.15. The Bertz CT molecular complexity index is 399. The summed E-state index contributed by atoms with van der Waals surface area (Å²) in [6.07, 6.45) is 3.37. The molecule has 0 spiro atoms. The van der Waals surface area contributed by atoms with E-state index in [1.54, 1.807) is 19.9 Å². The first-order valence-corrected chi connectivity index (χ1v) is 5.23. The first-order chi connectivity index (χ1) is 7.11. The van der Waals surface area contributed by atoms with Crippen molar-refractivity contribution in [3.8, 4) is 0 Å². The third-order valence-electron chi connectivity index (χ3n) is 2.92. The molecule has 1 atom stereocenters. The van der Waals surface area contributed by atoms with Crippen LogP contribution in [0.1, 0.15) is 35.9 Å². The van der Waals surface area contributed by atoms with Crippen LogP contribution in [0.2, 0.25) is 0 Å². The van der Waals surface area contributed by atoms with Gasteiger partial charge in [-0.1, -0.05) is 0 Å². The molecule has 2 rings (SSSR count). The lowest BCUT2D eigenvalue weighted by Crippen LogP contribution is -2.22. The van der Waals surface area contributed by atoms with Crippen LogP contribution < -0.4 is 0 Å². The van der Waals surface area contributed by atoms with E-state index in [1.165, 1.54) is 6.26 Å². The van der Waals surface area contributed by atoms with E-state index in [9.17, 15) is 9.59 Å². The van der Waals surface area contributed by atoms with Crippen molar-refractivity contribution in [1.82, 2.24) is 0 Å². The molecule has 3 nitrogen and oxygen atoms in total. The minimum Gasteiger partial charge on any atom is -0.469 e. The fourth-order valence-electron chi connectivity index (χ4n) is 1.72. The smallest absolute Gasteiger partial charge is 0.176 e. The summed E-state index contributed by atoms with van der Waals surface area (Å²) in [6.45, 7) is 3.43. The average Bonchev–Trinajstić information content (AvgIpc) is 2.98. The molecule has 0 bridgehead atoms. The Hall–Kier alpha value is -1.38. The Balaban J connectivity index is 2.13. The number of hydrogen-bond acceptors (Lipinski definition) is 3. The van der Waals surface area contributed by atoms with Gasteiger partial charge in [0.15, 0.2) is 5.78 Å². The molecule has 0 aliphatic heterocycles. The van der Waals surface area contributed by atoms with E-state index in [4.69, 9.17) is 4.42 Å². The molecule has 1 aromatic rings. The van der Waals surface area contributed by atoms with Crippen molar-refractivity contribution in [1.29, 1.82) is 0 Å². The summed E-state index contributed by atoms with van der Waals surface area (Å²) in [5, 5.41) is 0. The Morgan fingerprint density at radius 2 is 2.13 bits per heavy atom. The van der Waals surface area contributed by atoms with Crippen LogP contribution in [0.4, 0.5) is 0 Å². The van der Waals surface area contributed by atoms with E-state index in [1.807, 2.05) is 0 Å². The summed E-state index contributed by atoms with van der Waals surface area (Å²) in [6, 6.07) is 1.63. The molecule has 80 valence electrons. The molecule has 1 aliphatic rings. The summed E-state index contributed by atoms with van der Waals surface area (Å²) >= 11 is 0. The van der Waals surface area contributed by atoms with Crippen LogP contribution in [0.3, 0.4) is 0 Å². The highest BCUT2D eigenvalue weighted by molar-refractivity contribution is 6.11. The van der Waals surface area contributed by atoms with Crippen molar-refractivity contribution >= 4 is 11.6 Å². The predicted molar refractivity (Wildman–Crippen MR) is 54.7 cm³/mol. The maximum absolute atomic E-state index is 11.9. The quantitative estimate of drug-likeness (QED) is 0.561. The summed E-state index contributed by atoms with van der Waals surface area (Å²) in [5.74, 6) is 0.180. The van der Waals surface area contributed by atoms with Crippen molar-refractivity contribution < 1.29 is 14.0 Å². The Labute approximate surface area is 88.5 Å². The summed E-state index contributed by atoms with van der Waals surface area (Å²) < 4.78 is 5.06. The minimum atomic E-state index is -0.520. The van der Waals surface area contributed by atoms with Gasteiger partial charge in [-0.05, 0) is 32.8 Å². The number of ketones is 2. The molecule has 1 saturated carbocycles. The molecule has 0 aromatic carbocycles. The topological polar surface area (TPSA) is 47.3 Å². The highest BCUT2D eigenvalue weighted by Gasteiger charge is 2.36. The number of hydrogen-bond donors (Lipinski definition) is 0. The van der Waals surface area contributed by atoms with E-state index in [0.717, 1.165) is 12.8 Å². The fraction of sp³-hybridized carbons (Fsp3) is 0.500. The Morgan fingerprint density at radius 3 is 2.60 bits per heavy atom. The maximum atomic E-state index is 11.9. The SMILES string of the molecule is Cc1occc1C(=O)C(C)C(=O)C1CC1. The van der Waals surface area contributed by atoms with Gasteiger partial charge in [-0.15, -0.1) is 0 Å². The largest absolute Gasteiger partial charge is 0.469 e. The highest BCUT2D eigenvalue weighted by atomic mass is 16.3. The number of aryl methyl sites for hydroxylation is 1. The second kappa shape index (κ2) is 3.65. The van der Waals surface area contributed by atoms with Crippen molar-refractivity contribution in [2.75, 3.05) is 0 Å². The molecule has 0 amide bonds. The zero-order valence-electron chi connectivity index (χ0n) is 8.95. The number of rotatable bonds is 4. The van der Waals surface area contributed by atoms with Crippen molar-refractivity contribution in [2.45, 2.75) is 26.7 Å². The van der Waals surface area contributed by atoms with Gasteiger partial charge in [0.1, 0.15) is 11.5 Å². The van der Waals surface area contributed by atoms with Gasteiger partial charge in [0.2, 0.25) is 0 Å². The van der Waals surface area contributed by atoms with E-state index >= 15 is 0 Å². The molecule has 1 unspecified atom stereocenters. The lowest BCUT2D eigenvalue weighted by atomic mass is 9.93. The van der Waals surface area contributed by atoms with Gasteiger partial charge in [0, 0.05) is 5.92 Å². The van der Waals surface area contributed by atoms with E-state index in [-0.39, 0.29) is 17.5 Å². The Kier molecular flexibility index (Phi) is 2.47. The molecular formula is C12H14O3. The van der Waals surface area contributed by atoms with E-state index < -0.39 is 5.92 Å². The average molecular weight is 206 g/mol. The molecular weight excluding hydrogens is 192 g/mol. The van der Waals surface area contributed by atoms with Crippen molar-refractivity contribution in [3.63, 3.8) is 0 Å². The van der Waals surface area contributed by atoms with Gasteiger partial charge < -0.3 is 4.42 Å². The molecule has 15 heavy (non-hydrogen) atoms. The molecule has 3 heteroatoms. The summed E-state index contributed by atoms with van der Waals surface area (Å²) in [7, 11) is 0. The lowest BCUT2D eigenvalue weighted by molar-refractivity contribution is -0.122. The third-order valence-corrected chi connectivity index (χ3v) is 2.92. The van der Waals surface area contributed by atoms with Crippen molar-refractivity contribution in [2.24, 2.45) is 11.8 Å². The van der Waals surface area contributed by atoms with Crippen LogP contribution in [0.5, 0.6) is 0 Å². The van der Waals surface area contributed by atoms with Gasteiger partial charge in [0.05, 0.1) is 17.7 Å². The number of furan rings is 1. The first-order valence-electron chi connectivity index (χ1n) is 5.23. The van der Waals surface area contributed by atoms with Crippen LogP contribution in [0.15, 0.2) is 16.7 Å². The summed E-state index contributed by atoms with van der Waals surface area (Å²) in [5.41, 5.74) is 0.538. The van der Waals surface area contributed by atoms with Crippen molar-refractivity contribution in [3.05, 3.63) is 23.7 Å². The minimum absolute atomic E-state index is 0.0839. The fourth-order valence-corrected chi connectivity index (χ4v) is 1.72. The van der Waals surface area contributed by atoms with Gasteiger partial charge in [-0.3, -0.25) is 9.59 Å². The van der Waals surface area contributed by atoms with Gasteiger partial charge in [0.25, 0.3) is 0 Å². The molecule has 1 fully saturated rings. The van der Waals surface area contributed by atoms with Crippen LogP contribution in [0.25, 0.3) is 0 Å². The monoisotopic (exact) mass is 206 g/mol. The predicted octanol–water partition coefficient (Wildman–Crippen LogP) is 2.39. The molecule has 0 N–H and O–H groups in total. The molecule has 0 saturated heterocycles. The van der Waals surface area contributed by atoms with Crippen LogP contribution in [-0.4, -0.2) is 11.6 Å². The first kappa shape index (κ1) is 10.1. The Morgan fingerprint density at radius 1 is 1.47 bits per heavy atom. The zero-order valence-corrected chi connectivity index (χ0v) is 8.95. The normalized spacial score (nSPS) is 17.5. The summed E-state index contributed by atoms with van der Waals surface area (Å²) in [4.78, 5) is 23.6. The van der Waals surface area contributed by atoms with Gasteiger partial charge >= 0.3 is 0 Å².